The summed E-state index contributed by atoms with van der Waals surface area (Å²) in [4.78, 5) is 19.0. The second kappa shape index (κ2) is 22.7. The molecule has 2 fully saturated rings. The lowest BCUT2D eigenvalue weighted by Crippen LogP contribution is -2.47. The molecule has 20 heteroatoms. The van der Waals surface area contributed by atoms with Gasteiger partial charge in [-0.1, -0.05) is 54.4 Å². The van der Waals surface area contributed by atoms with Gasteiger partial charge in [-0.2, -0.15) is 13.2 Å². The maximum Gasteiger partial charge on any atom is 0.501 e. The number of amides is 1. The van der Waals surface area contributed by atoms with E-state index in [1.54, 1.807) is 12.1 Å². The number of sulfone groups is 1. The van der Waals surface area contributed by atoms with Crippen LogP contribution in [0, 0.1) is 5.41 Å². The summed E-state index contributed by atoms with van der Waals surface area (Å²) in [7, 11) is -10.9. The van der Waals surface area contributed by atoms with Gasteiger partial charge in [-0.3, -0.25) is 14.6 Å². The molecule has 2 atom stereocenters. The van der Waals surface area contributed by atoms with Crippen LogP contribution in [0.5, 0.6) is 0 Å². The van der Waals surface area contributed by atoms with E-state index >= 15 is 0 Å². The number of nitrogens with two attached hydrogens (primary N) is 1. The Balaban J connectivity index is 0.00000741. The number of sulfonamides is 1. The number of ether oxygens (including phenoxy) is 1. The third kappa shape index (κ3) is 13.5. The fraction of sp³-hybridized carbons (Fsp3) is 0.426. The summed E-state index contributed by atoms with van der Waals surface area (Å²) in [5.74, 6) is -0.665. The highest BCUT2D eigenvalue weighted by Gasteiger charge is 2.48. The predicted molar refractivity (Wildman–Crippen MR) is 263 cm³/mol. The van der Waals surface area contributed by atoms with Crippen LogP contribution in [0.4, 0.5) is 24.5 Å². The molecule has 12 nitrogen and oxygen atoms in total. The van der Waals surface area contributed by atoms with Crippen LogP contribution < -0.4 is 20.7 Å². The summed E-state index contributed by atoms with van der Waals surface area (Å²) in [6.45, 7) is 9.70. The molecular weight excluding hydrogens is 969 g/mol. The van der Waals surface area contributed by atoms with Crippen molar-refractivity contribution in [2.75, 3.05) is 88.1 Å². The zero-order valence-corrected chi connectivity index (χ0v) is 41.2. The van der Waals surface area contributed by atoms with Crippen LogP contribution in [0.15, 0.2) is 117 Å². The molecule has 0 spiro atoms. The minimum atomic E-state index is -6.06. The summed E-state index contributed by atoms with van der Waals surface area (Å²) < 4.78 is 103. The van der Waals surface area contributed by atoms with E-state index in [0.29, 0.717) is 75.7 Å². The van der Waals surface area contributed by atoms with E-state index in [4.69, 9.17) is 22.1 Å². The number of morpholine rings is 1. The lowest BCUT2D eigenvalue weighted by molar-refractivity contribution is -0.0435. The number of nitrogens with one attached hydrogen (secondary N) is 2. The van der Waals surface area contributed by atoms with Gasteiger partial charge in [-0.05, 0) is 116 Å². The summed E-state index contributed by atoms with van der Waals surface area (Å²) in [6.07, 6.45) is 3.32. The normalized spacial score (nSPS) is 19.4. The highest BCUT2D eigenvalue weighted by atomic mass is 35.5. The minimum absolute atomic E-state index is 0. The number of anilines is 2. The number of nitrogens with zero attached hydrogens (tertiary/aromatic N) is 3. The highest BCUT2D eigenvalue weighted by Crippen LogP contribution is 2.43. The number of alkyl halides is 3. The Morgan fingerprint density at radius 2 is 1.57 bits per heavy atom. The Labute approximate surface area is 407 Å². The fourth-order valence-electron chi connectivity index (χ4n) is 8.57. The molecule has 0 aromatic heterocycles. The number of piperazine rings is 1. The Morgan fingerprint density at radius 3 is 2.21 bits per heavy atom. The van der Waals surface area contributed by atoms with Gasteiger partial charge >= 0.3 is 5.51 Å². The van der Waals surface area contributed by atoms with E-state index in [2.05, 4.69) is 39.1 Å². The average molecular weight is 1030 g/mol. The standard InChI is InChI=1S/C47H56ClF3N6O6S3.ClH/c1-46(33-52)19-17-42(34-7-11-37(48)12-8-34)36(30-46)31-56-21-23-57(24-22-56)39-13-9-35(10-14-39)45(58)54-66(61,62)41-15-16-43(44(29-41)65(59,60)47(49,50)51)53-38(18-20-55-25-27-63-28-26-55)32-64-40-5-3-2-4-6-40;/h2-16,29,38,53H,17-28,30-33,52H2,1H3,(H,54,58);1H. The number of carbonyl (C=O) groups excluding carboxylic acids is 1. The van der Waals surface area contributed by atoms with Gasteiger partial charge in [-0.25, -0.2) is 21.6 Å². The first-order valence-electron chi connectivity index (χ1n) is 21.9. The number of benzene rings is 4. The third-order valence-corrected chi connectivity index (χ3v) is 16.8. The third-order valence-electron chi connectivity index (χ3n) is 12.5. The maximum absolute atomic E-state index is 14.2. The number of allylic oxidation sites excluding steroid dienone is 1. The van der Waals surface area contributed by atoms with E-state index in [-0.39, 0.29) is 23.4 Å². The zero-order chi connectivity index (χ0) is 47.1. The summed E-state index contributed by atoms with van der Waals surface area (Å²) in [5, 5.41) is 3.69. The van der Waals surface area contributed by atoms with Gasteiger partial charge in [0.15, 0.2) is 0 Å². The molecule has 2 heterocycles. The molecule has 2 saturated heterocycles. The van der Waals surface area contributed by atoms with Gasteiger partial charge in [-0.15, -0.1) is 24.2 Å². The first-order valence-corrected chi connectivity index (χ1v) is 26.3. The van der Waals surface area contributed by atoms with Gasteiger partial charge in [0.25, 0.3) is 25.8 Å². The van der Waals surface area contributed by atoms with E-state index in [1.807, 2.05) is 47.2 Å². The quantitative estimate of drug-likeness (QED) is 0.0875. The molecule has 0 radical (unpaired) electrons. The van der Waals surface area contributed by atoms with Crippen molar-refractivity contribution in [1.82, 2.24) is 14.5 Å². The molecule has 67 heavy (non-hydrogen) atoms. The Hall–Kier alpha value is -3.85. The first-order chi connectivity index (χ1) is 31.4. The molecule has 7 rings (SSSR count). The van der Waals surface area contributed by atoms with Crippen molar-refractivity contribution < 1.29 is 39.5 Å². The van der Waals surface area contributed by atoms with Crippen molar-refractivity contribution in [3.63, 3.8) is 0 Å². The number of halogens is 5. The molecule has 1 amide bonds. The predicted octanol–water partition coefficient (Wildman–Crippen LogP) is 8.19. The van der Waals surface area contributed by atoms with Gasteiger partial charge in [0.2, 0.25) is 0 Å². The second-order valence-corrected chi connectivity index (χ2v) is 22.5. The van der Waals surface area contributed by atoms with Crippen molar-refractivity contribution in [3.05, 3.63) is 119 Å². The van der Waals surface area contributed by atoms with Crippen LogP contribution in [-0.2, 0) is 24.6 Å². The Morgan fingerprint density at radius 1 is 0.896 bits per heavy atom. The van der Waals surface area contributed by atoms with Crippen LogP contribution in [0.2, 0.25) is 5.02 Å². The molecular formula is C47H57Cl2F3N6O6S3. The van der Waals surface area contributed by atoms with Crippen LogP contribution in [0.1, 0.15) is 48.5 Å². The van der Waals surface area contributed by atoms with E-state index in [9.17, 15) is 34.8 Å². The van der Waals surface area contributed by atoms with Crippen molar-refractivity contribution >= 4 is 78.5 Å². The Bertz CT molecular complexity index is 2560. The lowest BCUT2D eigenvalue weighted by atomic mass is 9.71. The SMILES string of the molecule is CC1(CN)CCC(c2ccc(Cl)cc2)=C(CN2CCN(c3ccc(C(=O)NS(=O)(=O)c4ccc(NC(CCN5CCOCC5)CSc5ccccc5)c(S(=O)(=O)C(F)(F)F)c4)cc3)CC2)C1.Cl. The second-order valence-electron chi connectivity index (χ2n) is 17.3. The molecule has 364 valence electrons. The van der Waals surface area contributed by atoms with Crippen LogP contribution in [0.25, 0.3) is 5.57 Å². The first kappa shape index (κ1) is 52.5. The van der Waals surface area contributed by atoms with Crippen molar-refractivity contribution in [2.24, 2.45) is 11.1 Å². The monoisotopic (exact) mass is 1020 g/mol. The van der Waals surface area contributed by atoms with Crippen LogP contribution in [0.3, 0.4) is 0 Å². The van der Waals surface area contributed by atoms with Crippen LogP contribution in [-0.4, -0.2) is 122 Å². The zero-order valence-electron chi connectivity index (χ0n) is 37.1. The highest BCUT2D eigenvalue weighted by molar-refractivity contribution is 7.99. The molecule has 1 aliphatic carbocycles. The minimum Gasteiger partial charge on any atom is -0.380 e. The number of hydrogen-bond donors (Lipinski definition) is 3. The molecule has 4 N–H and O–H groups in total. The molecule has 2 aliphatic heterocycles. The number of hydrogen-bond acceptors (Lipinski definition) is 12. The maximum atomic E-state index is 14.2. The van der Waals surface area contributed by atoms with E-state index in [1.165, 1.54) is 40.6 Å². The van der Waals surface area contributed by atoms with Crippen LogP contribution >= 0.6 is 35.8 Å². The number of thioether (sulfide) groups is 1. The van der Waals surface area contributed by atoms with Gasteiger partial charge < -0.3 is 20.7 Å². The van der Waals surface area contributed by atoms with E-state index in [0.717, 1.165) is 61.6 Å². The van der Waals surface area contributed by atoms with Gasteiger partial charge in [0.1, 0.15) is 4.90 Å². The fourth-order valence-corrected chi connectivity index (χ4v) is 11.7. The van der Waals surface area contributed by atoms with Crippen molar-refractivity contribution in [1.29, 1.82) is 0 Å². The summed E-state index contributed by atoms with van der Waals surface area (Å²) >= 11 is 7.64. The molecule has 2 unspecified atom stereocenters. The van der Waals surface area contributed by atoms with Crippen molar-refractivity contribution in [2.45, 2.75) is 58.8 Å². The summed E-state index contributed by atoms with van der Waals surface area (Å²) in [5.41, 5.74) is 4.86. The largest absolute Gasteiger partial charge is 0.501 e. The lowest BCUT2D eigenvalue weighted by Gasteiger charge is -2.40. The van der Waals surface area contributed by atoms with Crippen molar-refractivity contribution in [3.8, 4) is 0 Å². The summed E-state index contributed by atoms with van der Waals surface area (Å²) in [6, 6.07) is 25.7. The molecule has 3 aliphatic rings. The molecule has 0 bridgehead atoms. The number of carbonyl (C=O) groups is 1. The Kier molecular flexibility index (Phi) is 17.8. The number of rotatable bonds is 17. The average Bonchev–Trinajstić information content (AvgIpc) is 3.31. The smallest absolute Gasteiger partial charge is 0.380 e. The molecule has 0 saturated carbocycles. The molecule has 4 aromatic carbocycles. The van der Waals surface area contributed by atoms with Gasteiger partial charge in [0.05, 0.1) is 23.8 Å². The van der Waals surface area contributed by atoms with Gasteiger partial charge in [0, 0.05) is 85.3 Å². The molecule has 4 aromatic rings. The topological polar surface area (TPSA) is 154 Å². The van der Waals surface area contributed by atoms with E-state index < -0.39 is 52.8 Å².